The number of benzene rings is 3. The number of hydrogen-bond donors (Lipinski definition) is 1. The van der Waals surface area contributed by atoms with Gasteiger partial charge in [-0.15, -0.1) is 0 Å². The SMILES string of the molecule is O=C1COc2ccc(C(=O)N3CCC([C@@H](c4ccccc4)c4ccc(OCCF)cc4)CC3)cc2N1. The van der Waals surface area contributed by atoms with E-state index in [1.807, 2.05) is 23.1 Å². The maximum atomic E-state index is 13.2. The van der Waals surface area contributed by atoms with Gasteiger partial charge in [0, 0.05) is 24.6 Å². The molecule has 186 valence electrons. The molecule has 1 fully saturated rings. The van der Waals surface area contributed by atoms with Crippen molar-refractivity contribution in [1.29, 1.82) is 0 Å². The molecule has 2 aliphatic rings. The van der Waals surface area contributed by atoms with Gasteiger partial charge in [-0.1, -0.05) is 42.5 Å². The number of carbonyl (C=O) groups excluding carboxylic acids is 2. The largest absolute Gasteiger partial charge is 0.491 e. The standard InChI is InChI=1S/C29H29FN2O4/c30-14-17-35-24-9-6-21(7-10-24)28(20-4-2-1-3-5-20)22-12-15-32(16-13-22)29(34)23-8-11-26-25(18-23)31-27(33)19-36-26/h1-11,18,22,28H,12-17,19H2,(H,31,33)/t28-/m0/s1. The second-order valence-electron chi connectivity index (χ2n) is 9.17. The normalized spacial score (nSPS) is 16.5. The van der Waals surface area contributed by atoms with Gasteiger partial charge in [0.05, 0.1) is 5.69 Å². The lowest BCUT2D eigenvalue weighted by Crippen LogP contribution is -2.40. The van der Waals surface area contributed by atoms with Crippen molar-refractivity contribution in [2.24, 2.45) is 5.92 Å². The molecule has 2 amide bonds. The van der Waals surface area contributed by atoms with Crippen molar-refractivity contribution in [3.8, 4) is 11.5 Å². The van der Waals surface area contributed by atoms with E-state index >= 15 is 0 Å². The third-order valence-electron chi connectivity index (χ3n) is 6.90. The van der Waals surface area contributed by atoms with Gasteiger partial charge in [-0.2, -0.15) is 0 Å². The van der Waals surface area contributed by atoms with Crippen LogP contribution in [0, 0.1) is 5.92 Å². The monoisotopic (exact) mass is 488 g/mol. The van der Waals surface area contributed by atoms with Crippen LogP contribution in [0.25, 0.3) is 0 Å². The van der Waals surface area contributed by atoms with E-state index < -0.39 is 6.67 Å². The van der Waals surface area contributed by atoms with Crippen molar-refractivity contribution in [3.63, 3.8) is 0 Å². The summed E-state index contributed by atoms with van der Waals surface area (Å²) in [7, 11) is 0. The van der Waals surface area contributed by atoms with Crippen LogP contribution in [0.3, 0.4) is 0 Å². The van der Waals surface area contributed by atoms with Gasteiger partial charge in [0.15, 0.2) is 6.61 Å². The van der Waals surface area contributed by atoms with Crippen molar-refractivity contribution >= 4 is 17.5 Å². The molecular weight excluding hydrogens is 459 g/mol. The third-order valence-corrected chi connectivity index (χ3v) is 6.90. The molecule has 3 aromatic rings. The molecule has 0 saturated carbocycles. The Hall–Kier alpha value is -3.87. The van der Waals surface area contributed by atoms with Gasteiger partial charge in [0.25, 0.3) is 11.8 Å². The zero-order chi connectivity index (χ0) is 24.9. The summed E-state index contributed by atoms with van der Waals surface area (Å²) in [5, 5.41) is 2.77. The van der Waals surface area contributed by atoms with Crippen LogP contribution in [0.15, 0.2) is 72.8 Å². The average Bonchev–Trinajstić information content (AvgIpc) is 2.93. The highest BCUT2D eigenvalue weighted by molar-refractivity contribution is 5.99. The lowest BCUT2D eigenvalue weighted by molar-refractivity contribution is -0.118. The van der Waals surface area contributed by atoms with E-state index in [4.69, 9.17) is 9.47 Å². The predicted molar refractivity (Wildman–Crippen MR) is 135 cm³/mol. The van der Waals surface area contributed by atoms with E-state index in [0.29, 0.717) is 41.8 Å². The Morgan fingerprint density at radius 3 is 2.47 bits per heavy atom. The lowest BCUT2D eigenvalue weighted by atomic mass is 9.76. The molecule has 0 spiro atoms. The Labute approximate surface area is 210 Å². The van der Waals surface area contributed by atoms with Crippen molar-refractivity contribution in [2.75, 3.05) is 38.3 Å². The fourth-order valence-electron chi connectivity index (χ4n) is 5.16. The van der Waals surface area contributed by atoms with Crippen LogP contribution in [-0.4, -0.2) is 49.7 Å². The minimum Gasteiger partial charge on any atom is -0.491 e. The quantitative estimate of drug-likeness (QED) is 0.505. The molecule has 7 heteroatoms. The van der Waals surface area contributed by atoms with Gasteiger partial charge < -0.3 is 19.7 Å². The van der Waals surface area contributed by atoms with Crippen LogP contribution >= 0.6 is 0 Å². The summed E-state index contributed by atoms with van der Waals surface area (Å²) < 4.78 is 23.3. The number of nitrogens with zero attached hydrogens (tertiary/aromatic N) is 1. The van der Waals surface area contributed by atoms with E-state index in [0.717, 1.165) is 12.8 Å². The topological polar surface area (TPSA) is 67.9 Å². The minimum atomic E-state index is -0.514. The Morgan fingerprint density at radius 2 is 1.75 bits per heavy atom. The number of hydrogen-bond acceptors (Lipinski definition) is 4. The van der Waals surface area contributed by atoms with Gasteiger partial charge in [-0.25, -0.2) is 4.39 Å². The van der Waals surface area contributed by atoms with Crippen LogP contribution in [0.1, 0.15) is 40.2 Å². The maximum absolute atomic E-state index is 13.2. The molecule has 1 saturated heterocycles. The summed E-state index contributed by atoms with van der Waals surface area (Å²) in [5.41, 5.74) is 3.51. The zero-order valence-corrected chi connectivity index (χ0v) is 20.0. The summed E-state index contributed by atoms with van der Waals surface area (Å²) in [5.74, 6) is 1.54. The number of amides is 2. The highest BCUT2D eigenvalue weighted by Gasteiger charge is 2.31. The number of likely N-dealkylation sites (tertiary alicyclic amines) is 1. The summed E-state index contributed by atoms with van der Waals surface area (Å²) in [4.78, 5) is 26.8. The molecular formula is C29H29FN2O4. The van der Waals surface area contributed by atoms with Gasteiger partial charge in [-0.3, -0.25) is 9.59 Å². The summed E-state index contributed by atoms with van der Waals surface area (Å²) in [6, 6.07) is 23.5. The molecule has 1 N–H and O–H groups in total. The highest BCUT2D eigenvalue weighted by atomic mass is 19.1. The number of alkyl halides is 1. The number of carbonyl (C=O) groups is 2. The van der Waals surface area contributed by atoms with E-state index in [9.17, 15) is 14.0 Å². The van der Waals surface area contributed by atoms with Gasteiger partial charge in [0.1, 0.15) is 24.8 Å². The van der Waals surface area contributed by atoms with Crippen molar-refractivity contribution < 1.29 is 23.5 Å². The van der Waals surface area contributed by atoms with E-state index in [1.54, 1.807) is 18.2 Å². The first-order chi connectivity index (χ1) is 17.6. The molecule has 0 unspecified atom stereocenters. The van der Waals surface area contributed by atoms with Crippen LogP contribution < -0.4 is 14.8 Å². The first kappa shape index (κ1) is 23.9. The summed E-state index contributed by atoms with van der Waals surface area (Å²) in [6.45, 7) is 0.843. The maximum Gasteiger partial charge on any atom is 0.262 e. The van der Waals surface area contributed by atoms with Crippen LogP contribution in [0.5, 0.6) is 11.5 Å². The zero-order valence-electron chi connectivity index (χ0n) is 20.0. The molecule has 0 aromatic heterocycles. The molecule has 6 nitrogen and oxygen atoms in total. The second kappa shape index (κ2) is 10.8. The molecule has 1 atom stereocenters. The molecule has 2 heterocycles. The van der Waals surface area contributed by atoms with Crippen molar-refractivity contribution in [1.82, 2.24) is 4.90 Å². The number of nitrogens with one attached hydrogen (secondary N) is 1. The first-order valence-electron chi connectivity index (χ1n) is 12.3. The predicted octanol–water partition coefficient (Wildman–Crippen LogP) is 5.05. The van der Waals surface area contributed by atoms with E-state index in [2.05, 4.69) is 41.7 Å². The van der Waals surface area contributed by atoms with Gasteiger partial charge >= 0.3 is 0 Å². The van der Waals surface area contributed by atoms with Gasteiger partial charge in [-0.05, 0) is 60.2 Å². The second-order valence-corrected chi connectivity index (χ2v) is 9.17. The molecule has 2 aliphatic heterocycles. The molecule has 3 aromatic carbocycles. The number of anilines is 1. The summed E-state index contributed by atoms with van der Waals surface area (Å²) >= 11 is 0. The fraction of sp³-hybridized carbons (Fsp3) is 0.310. The number of ether oxygens (including phenoxy) is 2. The number of halogens is 1. The number of fused-ring (bicyclic) bond motifs is 1. The van der Waals surface area contributed by atoms with Crippen LogP contribution in [0.2, 0.25) is 0 Å². The van der Waals surface area contributed by atoms with Crippen molar-refractivity contribution in [2.45, 2.75) is 18.8 Å². The molecule has 0 radical (unpaired) electrons. The minimum absolute atomic E-state index is 0.0102. The molecule has 0 aliphatic carbocycles. The number of rotatable bonds is 7. The smallest absolute Gasteiger partial charge is 0.262 e. The Balaban J connectivity index is 1.30. The fourth-order valence-corrected chi connectivity index (χ4v) is 5.16. The molecule has 5 rings (SSSR count). The molecule has 0 bridgehead atoms. The first-order valence-corrected chi connectivity index (χ1v) is 12.3. The van der Waals surface area contributed by atoms with E-state index in [1.165, 1.54) is 11.1 Å². The van der Waals surface area contributed by atoms with E-state index in [-0.39, 0.29) is 30.9 Å². The van der Waals surface area contributed by atoms with Crippen LogP contribution in [-0.2, 0) is 4.79 Å². The molecule has 36 heavy (non-hydrogen) atoms. The highest BCUT2D eigenvalue weighted by Crippen LogP contribution is 2.39. The van der Waals surface area contributed by atoms with Crippen molar-refractivity contribution in [3.05, 3.63) is 89.5 Å². The lowest BCUT2D eigenvalue weighted by Gasteiger charge is -2.37. The Bertz CT molecular complexity index is 1210. The number of piperidine rings is 1. The van der Waals surface area contributed by atoms with Crippen LogP contribution in [0.4, 0.5) is 10.1 Å². The summed E-state index contributed by atoms with van der Waals surface area (Å²) in [6.07, 6.45) is 1.74. The average molecular weight is 489 g/mol. The Kier molecular flexibility index (Phi) is 7.16. The Morgan fingerprint density at radius 1 is 1.03 bits per heavy atom. The van der Waals surface area contributed by atoms with Gasteiger partial charge in [0.2, 0.25) is 0 Å². The third kappa shape index (κ3) is 5.20.